The zero-order valence-electron chi connectivity index (χ0n) is 11.7. The standard InChI is InChI=1S/C14H26N2OS/c1-3-7-11-9-5-6-10-16(11)14(17)12(8-4-2)13(15)18/h11-12H,3-10H2,1-2H3,(H2,15,18). The third-order valence-electron chi connectivity index (χ3n) is 3.75. The van der Waals surface area contributed by atoms with Gasteiger partial charge in [0.25, 0.3) is 0 Å². The summed E-state index contributed by atoms with van der Waals surface area (Å²) in [6.45, 7) is 5.12. The predicted octanol–water partition coefficient (Wildman–Crippen LogP) is 2.87. The molecule has 1 aliphatic rings. The first-order chi connectivity index (χ1) is 8.61. The molecule has 18 heavy (non-hydrogen) atoms. The molecule has 3 nitrogen and oxygen atoms in total. The maximum absolute atomic E-state index is 12.6. The number of piperidine rings is 1. The Labute approximate surface area is 116 Å². The Balaban J connectivity index is 2.74. The predicted molar refractivity (Wildman–Crippen MR) is 79.4 cm³/mol. The first-order valence-corrected chi connectivity index (χ1v) is 7.62. The molecule has 4 heteroatoms. The molecule has 0 spiro atoms. The average molecular weight is 270 g/mol. The molecule has 104 valence electrons. The van der Waals surface area contributed by atoms with Crippen LogP contribution in [0.15, 0.2) is 0 Å². The quantitative estimate of drug-likeness (QED) is 0.755. The maximum Gasteiger partial charge on any atom is 0.232 e. The van der Waals surface area contributed by atoms with Crippen molar-refractivity contribution >= 4 is 23.1 Å². The minimum atomic E-state index is -0.248. The highest BCUT2D eigenvalue weighted by molar-refractivity contribution is 7.80. The van der Waals surface area contributed by atoms with Crippen LogP contribution >= 0.6 is 12.2 Å². The van der Waals surface area contributed by atoms with E-state index in [0.717, 1.165) is 45.1 Å². The van der Waals surface area contributed by atoms with Crippen molar-refractivity contribution in [2.45, 2.75) is 64.8 Å². The van der Waals surface area contributed by atoms with Crippen molar-refractivity contribution in [3.05, 3.63) is 0 Å². The molecule has 0 saturated carbocycles. The molecule has 2 N–H and O–H groups in total. The fourth-order valence-electron chi connectivity index (χ4n) is 2.80. The fourth-order valence-corrected chi connectivity index (χ4v) is 3.02. The number of hydrogen-bond acceptors (Lipinski definition) is 2. The van der Waals surface area contributed by atoms with Gasteiger partial charge in [-0.05, 0) is 32.1 Å². The summed E-state index contributed by atoms with van der Waals surface area (Å²) >= 11 is 5.06. The van der Waals surface area contributed by atoms with E-state index in [9.17, 15) is 4.79 Å². The number of carbonyl (C=O) groups is 1. The van der Waals surface area contributed by atoms with Crippen molar-refractivity contribution in [2.24, 2.45) is 11.7 Å². The van der Waals surface area contributed by atoms with E-state index in [4.69, 9.17) is 18.0 Å². The summed E-state index contributed by atoms with van der Waals surface area (Å²) in [7, 11) is 0. The van der Waals surface area contributed by atoms with Crippen LogP contribution in [-0.4, -0.2) is 28.4 Å². The van der Waals surface area contributed by atoms with Crippen LogP contribution in [0.5, 0.6) is 0 Å². The second-order valence-corrected chi connectivity index (χ2v) is 5.68. The van der Waals surface area contributed by atoms with Gasteiger partial charge in [-0.1, -0.05) is 38.9 Å². The Morgan fingerprint density at radius 2 is 2.11 bits per heavy atom. The van der Waals surface area contributed by atoms with Gasteiger partial charge in [-0.2, -0.15) is 0 Å². The highest BCUT2D eigenvalue weighted by Crippen LogP contribution is 2.24. The average Bonchev–Trinajstić information content (AvgIpc) is 2.36. The second kappa shape index (κ2) is 7.72. The zero-order valence-corrected chi connectivity index (χ0v) is 12.5. The number of hydrogen-bond donors (Lipinski definition) is 1. The third-order valence-corrected chi connectivity index (χ3v) is 4.04. The van der Waals surface area contributed by atoms with Crippen molar-refractivity contribution in [1.82, 2.24) is 4.90 Å². The smallest absolute Gasteiger partial charge is 0.232 e. The lowest BCUT2D eigenvalue weighted by Gasteiger charge is -2.37. The Morgan fingerprint density at radius 1 is 1.39 bits per heavy atom. The molecule has 1 saturated heterocycles. The van der Waals surface area contributed by atoms with Gasteiger partial charge >= 0.3 is 0 Å². The minimum Gasteiger partial charge on any atom is -0.393 e. The monoisotopic (exact) mass is 270 g/mol. The topological polar surface area (TPSA) is 46.3 Å². The second-order valence-electron chi connectivity index (χ2n) is 5.21. The molecule has 1 aliphatic heterocycles. The van der Waals surface area contributed by atoms with Crippen molar-refractivity contribution in [3.8, 4) is 0 Å². The first kappa shape index (κ1) is 15.4. The third kappa shape index (κ3) is 3.94. The molecule has 1 heterocycles. The van der Waals surface area contributed by atoms with Gasteiger partial charge in [0, 0.05) is 12.6 Å². The van der Waals surface area contributed by atoms with Gasteiger partial charge in [0.1, 0.15) is 0 Å². The summed E-state index contributed by atoms with van der Waals surface area (Å²) in [6.07, 6.45) is 7.43. The van der Waals surface area contributed by atoms with Gasteiger partial charge in [0.05, 0.1) is 10.9 Å². The van der Waals surface area contributed by atoms with Gasteiger partial charge in [-0.3, -0.25) is 4.79 Å². The SMILES string of the molecule is CCCC(C(=O)N1CCCCC1CCC)C(N)=S. The van der Waals surface area contributed by atoms with E-state index >= 15 is 0 Å². The van der Waals surface area contributed by atoms with Crippen molar-refractivity contribution in [3.63, 3.8) is 0 Å². The maximum atomic E-state index is 12.6. The van der Waals surface area contributed by atoms with E-state index in [1.165, 1.54) is 6.42 Å². The fraction of sp³-hybridized carbons (Fsp3) is 0.857. The molecule has 1 fully saturated rings. The molecule has 1 rings (SSSR count). The van der Waals surface area contributed by atoms with E-state index in [2.05, 4.69) is 13.8 Å². The summed E-state index contributed by atoms with van der Waals surface area (Å²) in [5.74, 6) is -0.0787. The molecular weight excluding hydrogens is 244 g/mol. The van der Waals surface area contributed by atoms with Crippen LogP contribution in [0.3, 0.4) is 0 Å². The summed E-state index contributed by atoms with van der Waals surface area (Å²) in [5.41, 5.74) is 5.73. The molecule has 0 aliphatic carbocycles. The Bertz CT molecular complexity index is 292. The van der Waals surface area contributed by atoms with Crippen LogP contribution in [0.2, 0.25) is 0 Å². The van der Waals surface area contributed by atoms with Gasteiger partial charge in [-0.15, -0.1) is 0 Å². The normalized spacial score (nSPS) is 21.7. The molecule has 0 aromatic carbocycles. The molecule has 0 aromatic rings. The van der Waals surface area contributed by atoms with Gasteiger partial charge < -0.3 is 10.6 Å². The zero-order chi connectivity index (χ0) is 13.5. The lowest BCUT2D eigenvalue weighted by Crippen LogP contribution is -2.48. The summed E-state index contributed by atoms with van der Waals surface area (Å²) < 4.78 is 0. The summed E-state index contributed by atoms with van der Waals surface area (Å²) in [6, 6.07) is 0.407. The van der Waals surface area contributed by atoms with Crippen LogP contribution in [0.4, 0.5) is 0 Å². The Kier molecular flexibility index (Phi) is 6.61. The number of amides is 1. The molecule has 2 unspecified atom stereocenters. The summed E-state index contributed by atoms with van der Waals surface area (Å²) in [4.78, 5) is 15.0. The van der Waals surface area contributed by atoms with E-state index in [-0.39, 0.29) is 11.8 Å². The lowest BCUT2D eigenvalue weighted by molar-refractivity contribution is -0.137. The Hall–Kier alpha value is -0.640. The number of nitrogens with two attached hydrogens (primary N) is 1. The van der Waals surface area contributed by atoms with Crippen LogP contribution in [-0.2, 0) is 4.79 Å². The molecule has 0 radical (unpaired) electrons. The van der Waals surface area contributed by atoms with Crippen LogP contribution in [0, 0.1) is 5.92 Å². The highest BCUT2D eigenvalue weighted by atomic mass is 32.1. The van der Waals surface area contributed by atoms with Crippen molar-refractivity contribution < 1.29 is 4.79 Å². The van der Waals surface area contributed by atoms with Crippen molar-refractivity contribution in [2.75, 3.05) is 6.54 Å². The number of rotatable bonds is 6. The van der Waals surface area contributed by atoms with Crippen LogP contribution < -0.4 is 5.73 Å². The van der Waals surface area contributed by atoms with E-state index < -0.39 is 0 Å². The summed E-state index contributed by atoms with van der Waals surface area (Å²) in [5, 5.41) is 0. The van der Waals surface area contributed by atoms with E-state index in [1.54, 1.807) is 0 Å². The molecule has 2 atom stereocenters. The lowest BCUT2D eigenvalue weighted by atomic mass is 9.94. The number of likely N-dealkylation sites (tertiary alicyclic amines) is 1. The van der Waals surface area contributed by atoms with E-state index in [0.29, 0.717) is 11.0 Å². The van der Waals surface area contributed by atoms with Gasteiger partial charge in [0.2, 0.25) is 5.91 Å². The first-order valence-electron chi connectivity index (χ1n) is 7.21. The number of carbonyl (C=O) groups excluding carboxylic acids is 1. The molecule has 0 aromatic heterocycles. The Morgan fingerprint density at radius 3 is 2.67 bits per heavy atom. The molecule has 1 amide bonds. The number of thiocarbonyl (C=S) groups is 1. The highest BCUT2D eigenvalue weighted by Gasteiger charge is 2.31. The molecule has 0 bridgehead atoms. The molecular formula is C14H26N2OS. The van der Waals surface area contributed by atoms with Gasteiger partial charge in [-0.25, -0.2) is 0 Å². The number of nitrogens with zero attached hydrogens (tertiary/aromatic N) is 1. The minimum absolute atomic E-state index is 0.169. The van der Waals surface area contributed by atoms with Gasteiger partial charge in [0.15, 0.2) is 0 Å². The van der Waals surface area contributed by atoms with Crippen molar-refractivity contribution in [1.29, 1.82) is 0 Å². The largest absolute Gasteiger partial charge is 0.393 e. The van der Waals surface area contributed by atoms with E-state index in [1.807, 2.05) is 4.90 Å². The van der Waals surface area contributed by atoms with Crippen LogP contribution in [0.1, 0.15) is 58.8 Å². The van der Waals surface area contributed by atoms with Crippen LogP contribution in [0.25, 0.3) is 0 Å².